The molecular formula is C15H21NO2. The minimum atomic E-state index is 0.224. The molecule has 18 heavy (non-hydrogen) atoms. The molecule has 1 unspecified atom stereocenters. The van der Waals surface area contributed by atoms with E-state index in [-0.39, 0.29) is 6.04 Å². The third kappa shape index (κ3) is 3.05. The van der Waals surface area contributed by atoms with Crippen LogP contribution in [0.25, 0.3) is 0 Å². The molecule has 0 bridgehead atoms. The van der Waals surface area contributed by atoms with Crippen LogP contribution in [0.1, 0.15) is 18.4 Å². The van der Waals surface area contributed by atoms with Gasteiger partial charge >= 0.3 is 0 Å². The van der Waals surface area contributed by atoms with Gasteiger partial charge in [0.1, 0.15) is 11.5 Å². The Morgan fingerprint density at radius 3 is 2.89 bits per heavy atom. The topological polar surface area (TPSA) is 30.5 Å². The van der Waals surface area contributed by atoms with Crippen molar-refractivity contribution in [3.05, 3.63) is 41.7 Å². The van der Waals surface area contributed by atoms with Crippen LogP contribution in [0.15, 0.2) is 36.1 Å². The van der Waals surface area contributed by atoms with Crippen LogP contribution in [-0.2, 0) is 11.2 Å². The molecule has 98 valence electrons. The van der Waals surface area contributed by atoms with Gasteiger partial charge in [-0.3, -0.25) is 0 Å². The zero-order chi connectivity index (χ0) is 12.8. The normalized spacial score (nSPS) is 16.7. The quantitative estimate of drug-likeness (QED) is 0.867. The molecule has 0 spiro atoms. The van der Waals surface area contributed by atoms with Crippen LogP contribution < -0.4 is 10.1 Å². The molecule has 1 aromatic carbocycles. The smallest absolute Gasteiger partial charge is 0.122 e. The molecule has 3 heteroatoms. The number of para-hydroxylation sites is 1. The predicted molar refractivity (Wildman–Crippen MR) is 72.8 cm³/mol. The monoisotopic (exact) mass is 247 g/mol. The van der Waals surface area contributed by atoms with E-state index in [0.717, 1.165) is 37.4 Å². The van der Waals surface area contributed by atoms with Gasteiger partial charge in [-0.1, -0.05) is 18.2 Å². The number of likely N-dealkylation sites (N-methyl/N-ethyl adjacent to an activating group) is 1. The third-order valence-corrected chi connectivity index (χ3v) is 3.27. The summed E-state index contributed by atoms with van der Waals surface area (Å²) in [5, 5.41) is 3.32. The number of ether oxygens (including phenoxy) is 2. The molecule has 1 aliphatic rings. The van der Waals surface area contributed by atoms with Gasteiger partial charge in [0.25, 0.3) is 0 Å². The van der Waals surface area contributed by atoms with Crippen molar-refractivity contribution in [2.45, 2.75) is 25.3 Å². The Kier molecular flexibility index (Phi) is 4.65. The summed E-state index contributed by atoms with van der Waals surface area (Å²) < 4.78 is 11.1. The summed E-state index contributed by atoms with van der Waals surface area (Å²) in [4.78, 5) is 0. The van der Waals surface area contributed by atoms with E-state index in [2.05, 4.69) is 17.5 Å². The van der Waals surface area contributed by atoms with E-state index >= 15 is 0 Å². The van der Waals surface area contributed by atoms with E-state index in [1.54, 1.807) is 7.11 Å². The van der Waals surface area contributed by atoms with Gasteiger partial charge < -0.3 is 14.8 Å². The lowest BCUT2D eigenvalue weighted by molar-refractivity contribution is 0.169. The Labute approximate surface area is 109 Å². The van der Waals surface area contributed by atoms with Crippen molar-refractivity contribution in [2.75, 3.05) is 20.8 Å². The maximum Gasteiger partial charge on any atom is 0.122 e. The van der Waals surface area contributed by atoms with Crippen LogP contribution in [0, 0.1) is 0 Å². The highest BCUT2D eigenvalue weighted by molar-refractivity contribution is 5.34. The Hall–Kier alpha value is -1.48. The van der Waals surface area contributed by atoms with E-state index in [1.807, 2.05) is 25.2 Å². The van der Waals surface area contributed by atoms with Gasteiger partial charge in [-0.2, -0.15) is 0 Å². The van der Waals surface area contributed by atoms with Gasteiger partial charge in [0, 0.05) is 0 Å². The molecule has 0 saturated heterocycles. The molecule has 1 aromatic rings. The van der Waals surface area contributed by atoms with Crippen molar-refractivity contribution in [3.8, 4) is 5.75 Å². The van der Waals surface area contributed by atoms with Crippen LogP contribution in [0.2, 0.25) is 0 Å². The fourth-order valence-electron chi connectivity index (χ4n) is 2.26. The van der Waals surface area contributed by atoms with Crippen molar-refractivity contribution in [1.29, 1.82) is 0 Å². The molecule has 3 nitrogen and oxygen atoms in total. The fourth-order valence-corrected chi connectivity index (χ4v) is 2.26. The van der Waals surface area contributed by atoms with Crippen LogP contribution in [-0.4, -0.2) is 26.8 Å². The first-order valence-electron chi connectivity index (χ1n) is 6.47. The number of allylic oxidation sites excluding steroid dienone is 1. The summed E-state index contributed by atoms with van der Waals surface area (Å²) in [5.74, 6) is 2.00. The van der Waals surface area contributed by atoms with Crippen LogP contribution >= 0.6 is 0 Å². The van der Waals surface area contributed by atoms with Crippen molar-refractivity contribution in [1.82, 2.24) is 5.32 Å². The third-order valence-electron chi connectivity index (χ3n) is 3.27. The van der Waals surface area contributed by atoms with Crippen molar-refractivity contribution in [2.24, 2.45) is 0 Å². The predicted octanol–water partition coefficient (Wildman–Crippen LogP) is 2.52. The lowest BCUT2D eigenvalue weighted by Crippen LogP contribution is -2.32. The molecule has 1 N–H and O–H groups in total. The highest BCUT2D eigenvalue weighted by Gasteiger charge is 2.18. The molecule has 1 heterocycles. The number of methoxy groups -OCH3 is 1. The second kappa shape index (κ2) is 6.45. The first-order chi connectivity index (χ1) is 8.85. The Balaban J connectivity index is 2.12. The Morgan fingerprint density at radius 1 is 1.39 bits per heavy atom. The summed E-state index contributed by atoms with van der Waals surface area (Å²) in [6.07, 6.45) is 5.31. The molecule has 0 fully saturated rings. The highest BCUT2D eigenvalue weighted by Crippen LogP contribution is 2.22. The fraction of sp³-hybridized carbons (Fsp3) is 0.467. The van der Waals surface area contributed by atoms with Crippen LogP contribution in [0.4, 0.5) is 0 Å². The van der Waals surface area contributed by atoms with E-state index in [9.17, 15) is 0 Å². The standard InChI is InChI=1S/C15H21NO2/c1-16-13(15-9-5-6-10-18-15)11-12-7-3-4-8-14(12)17-2/h3-4,7-9,13,16H,5-6,10-11H2,1-2H3. The summed E-state index contributed by atoms with van der Waals surface area (Å²) >= 11 is 0. The largest absolute Gasteiger partial charge is 0.497 e. The number of hydrogen-bond acceptors (Lipinski definition) is 3. The average molecular weight is 247 g/mol. The van der Waals surface area contributed by atoms with Gasteiger partial charge in [0.2, 0.25) is 0 Å². The summed E-state index contributed by atoms with van der Waals surface area (Å²) in [6.45, 7) is 0.829. The number of rotatable bonds is 5. The van der Waals surface area contributed by atoms with Crippen molar-refractivity contribution < 1.29 is 9.47 Å². The second-order valence-corrected chi connectivity index (χ2v) is 4.45. The first-order valence-corrected chi connectivity index (χ1v) is 6.47. The Bertz CT molecular complexity index is 415. The lowest BCUT2D eigenvalue weighted by atomic mass is 10.0. The molecular weight excluding hydrogens is 226 g/mol. The maximum atomic E-state index is 5.73. The zero-order valence-corrected chi connectivity index (χ0v) is 11.1. The molecule has 0 aromatic heterocycles. The minimum absolute atomic E-state index is 0.224. The molecule has 1 aliphatic heterocycles. The van der Waals surface area contributed by atoms with Crippen molar-refractivity contribution >= 4 is 0 Å². The minimum Gasteiger partial charge on any atom is -0.497 e. The average Bonchev–Trinajstić information content (AvgIpc) is 2.46. The lowest BCUT2D eigenvalue weighted by Gasteiger charge is -2.24. The summed E-state index contributed by atoms with van der Waals surface area (Å²) in [6, 6.07) is 8.36. The van der Waals surface area contributed by atoms with Gasteiger partial charge in [0.15, 0.2) is 0 Å². The molecule has 1 atom stereocenters. The van der Waals surface area contributed by atoms with Crippen molar-refractivity contribution in [3.63, 3.8) is 0 Å². The van der Waals surface area contributed by atoms with Gasteiger partial charge in [0.05, 0.1) is 19.8 Å². The van der Waals surface area contributed by atoms with Gasteiger partial charge in [-0.05, 0) is 44.0 Å². The molecule has 0 amide bonds. The molecule has 0 saturated carbocycles. The second-order valence-electron chi connectivity index (χ2n) is 4.45. The Morgan fingerprint density at radius 2 is 2.22 bits per heavy atom. The van der Waals surface area contributed by atoms with Gasteiger partial charge in [-0.15, -0.1) is 0 Å². The van der Waals surface area contributed by atoms with E-state index < -0.39 is 0 Å². The van der Waals surface area contributed by atoms with Gasteiger partial charge in [-0.25, -0.2) is 0 Å². The van der Waals surface area contributed by atoms with Crippen LogP contribution in [0.5, 0.6) is 5.75 Å². The van der Waals surface area contributed by atoms with E-state index in [1.165, 1.54) is 5.56 Å². The first kappa shape index (κ1) is 13.0. The van der Waals surface area contributed by atoms with E-state index in [4.69, 9.17) is 9.47 Å². The molecule has 0 radical (unpaired) electrons. The SMILES string of the molecule is CNC(Cc1ccccc1OC)C1=CCCCO1. The van der Waals surface area contributed by atoms with E-state index in [0.29, 0.717) is 0 Å². The highest BCUT2D eigenvalue weighted by atomic mass is 16.5. The summed E-state index contributed by atoms with van der Waals surface area (Å²) in [7, 11) is 3.68. The molecule has 2 rings (SSSR count). The molecule has 0 aliphatic carbocycles. The van der Waals surface area contributed by atoms with Crippen LogP contribution in [0.3, 0.4) is 0 Å². The number of hydrogen-bond donors (Lipinski definition) is 1. The zero-order valence-electron chi connectivity index (χ0n) is 11.1. The number of nitrogens with one attached hydrogen (secondary N) is 1. The number of benzene rings is 1. The maximum absolute atomic E-state index is 5.73. The summed E-state index contributed by atoms with van der Waals surface area (Å²) in [5.41, 5.74) is 1.20.